The molecule has 4 rings (SSSR count). The molecule has 0 radical (unpaired) electrons. The molecule has 1 aromatic carbocycles. The summed E-state index contributed by atoms with van der Waals surface area (Å²) in [5.41, 5.74) is 0.605. The Balaban J connectivity index is 1.52. The van der Waals surface area contributed by atoms with Gasteiger partial charge < -0.3 is 9.73 Å². The number of nitrogens with one attached hydrogen (secondary N) is 1. The minimum absolute atomic E-state index is 0.0574. The molecule has 176 valence electrons. The van der Waals surface area contributed by atoms with Gasteiger partial charge in [-0.15, -0.1) is 0 Å². The number of piperidine rings is 1. The van der Waals surface area contributed by atoms with Crippen molar-refractivity contribution >= 4 is 27.0 Å². The zero-order valence-electron chi connectivity index (χ0n) is 18.7. The van der Waals surface area contributed by atoms with Gasteiger partial charge in [-0.25, -0.2) is 13.2 Å². The number of amides is 1. The number of benzene rings is 1. The number of oxazole rings is 1. The van der Waals surface area contributed by atoms with E-state index in [0.29, 0.717) is 12.1 Å². The molecule has 1 N–H and O–H groups in total. The highest BCUT2D eigenvalue weighted by molar-refractivity contribution is 7.89. The van der Waals surface area contributed by atoms with Gasteiger partial charge >= 0.3 is 5.76 Å². The van der Waals surface area contributed by atoms with E-state index in [-0.39, 0.29) is 35.0 Å². The Kier molecular flexibility index (Phi) is 7.05. The predicted molar refractivity (Wildman–Crippen MR) is 122 cm³/mol. The van der Waals surface area contributed by atoms with Crippen LogP contribution in [0.4, 0.5) is 0 Å². The summed E-state index contributed by atoms with van der Waals surface area (Å²) in [6.07, 6.45) is 10.5. The molecule has 1 aliphatic carbocycles. The number of rotatable bonds is 5. The topological polar surface area (TPSA) is 102 Å². The van der Waals surface area contributed by atoms with Crippen molar-refractivity contribution in [2.75, 3.05) is 6.54 Å². The van der Waals surface area contributed by atoms with E-state index in [9.17, 15) is 18.0 Å². The highest BCUT2D eigenvalue weighted by atomic mass is 32.2. The van der Waals surface area contributed by atoms with E-state index < -0.39 is 15.8 Å². The molecule has 2 aromatic rings. The molecule has 1 saturated carbocycles. The molecule has 1 aromatic heterocycles. The van der Waals surface area contributed by atoms with E-state index in [1.807, 2.05) is 6.92 Å². The molecule has 2 aliphatic rings. The lowest BCUT2D eigenvalue weighted by Crippen LogP contribution is -2.41. The largest absolute Gasteiger partial charge is 0.420 e. The summed E-state index contributed by atoms with van der Waals surface area (Å²) >= 11 is 0. The Morgan fingerprint density at radius 3 is 2.47 bits per heavy atom. The second-order valence-corrected chi connectivity index (χ2v) is 11.0. The lowest BCUT2D eigenvalue weighted by Gasteiger charge is -2.32. The van der Waals surface area contributed by atoms with Gasteiger partial charge in [0.05, 0.1) is 10.4 Å². The van der Waals surface area contributed by atoms with Crippen LogP contribution in [0, 0.1) is 0 Å². The lowest BCUT2D eigenvalue weighted by atomic mass is 9.97. The fourth-order valence-corrected chi connectivity index (χ4v) is 6.65. The number of aromatic nitrogens is 1. The van der Waals surface area contributed by atoms with Crippen molar-refractivity contribution < 1.29 is 17.6 Å². The van der Waals surface area contributed by atoms with Crippen molar-refractivity contribution in [3.63, 3.8) is 0 Å². The Bertz CT molecular complexity index is 1110. The number of fused-ring (bicyclic) bond motifs is 1. The fraction of sp³-hybridized carbons (Fsp3) is 0.652. The monoisotopic (exact) mass is 463 g/mol. The van der Waals surface area contributed by atoms with Gasteiger partial charge in [-0.05, 0) is 44.7 Å². The third-order valence-electron chi connectivity index (χ3n) is 6.76. The summed E-state index contributed by atoms with van der Waals surface area (Å²) in [5.74, 6) is -0.882. The van der Waals surface area contributed by atoms with Crippen LogP contribution >= 0.6 is 0 Å². The maximum atomic E-state index is 13.1. The molecule has 2 fully saturated rings. The van der Waals surface area contributed by atoms with Crippen LogP contribution in [0.25, 0.3) is 11.1 Å². The highest BCUT2D eigenvalue weighted by Crippen LogP contribution is 2.27. The maximum absolute atomic E-state index is 13.1. The molecule has 0 bridgehead atoms. The summed E-state index contributed by atoms with van der Waals surface area (Å²) in [6.45, 7) is 2.27. The molecule has 9 heteroatoms. The third-order valence-corrected chi connectivity index (χ3v) is 8.77. The van der Waals surface area contributed by atoms with Gasteiger partial charge in [0.1, 0.15) is 6.54 Å². The van der Waals surface area contributed by atoms with E-state index in [2.05, 4.69) is 5.32 Å². The smallest absolute Gasteiger partial charge is 0.408 e. The van der Waals surface area contributed by atoms with Gasteiger partial charge in [-0.3, -0.25) is 9.36 Å². The van der Waals surface area contributed by atoms with Crippen LogP contribution in [-0.2, 0) is 21.4 Å². The van der Waals surface area contributed by atoms with Crippen LogP contribution in [-0.4, -0.2) is 41.8 Å². The van der Waals surface area contributed by atoms with E-state index in [4.69, 9.17) is 4.42 Å². The molecule has 1 aliphatic heterocycles. The molecule has 1 amide bonds. The number of hydrogen-bond acceptors (Lipinski definition) is 5. The summed E-state index contributed by atoms with van der Waals surface area (Å²) in [4.78, 5) is 25.2. The zero-order valence-corrected chi connectivity index (χ0v) is 19.5. The Labute approximate surface area is 189 Å². The Morgan fingerprint density at radius 2 is 1.75 bits per heavy atom. The van der Waals surface area contributed by atoms with Gasteiger partial charge in [0.15, 0.2) is 5.58 Å². The fourth-order valence-electron chi connectivity index (χ4n) is 4.94. The van der Waals surface area contributed by atoms with Gasteiger partial charge in [0.2, 0.25) is 15.9 Å². The van der Waals surface area contributed by atoms with Crippen LogP contribution in [0.2, 0.25) is 0 Å². The van der Waals surface area contributed by atoms with Crippen molar-refractivity contribution in [1.82, 2.24) is 14.2 Å². The molecular weight excluding hydrogens is 430 g/mol. The number of sulfonamides is 1. The second kappa shape index (κ2) is 9.79. The normalized spacial score (nSPS) is 21.8. The first-order chi connectivity index (χ1) is 15.4. The van der Waals surface area contributed by atoms with Crippen molar-refractivity contribution in [2.24, 2.45) is 0 Å². The molecule has 0 spiro atoms. The summed E-state index contributed by atoms with van der Waals surface area (Å²) in [7, 11) is -3.67. The molecule has 8 nitrogen and oxygen atoms in total. The Morgan fingerprint density at radius 1 is 1.06 bits per heavy atom. The van der Waals surface area contributed by atoms with Crippen LogP contribution in [0.15, 0.2) is 32.3 Å². The van der Waals surface area contributed by atoms with E-state index in [1.54, 1.807) is 6.07 Å². The quantitative estimate of drug-likeness (QED) is 0.732. The maximum Gasteiger partial charge on any atom is 0.420 e. The first-order valence-corrected chi connectivity index (χ1v) is 13.2. The molecule has 1 atom stereocenters. The SMILES string of the molecule is C[C@@H]1CCCCN1S(=O)(=O)c1ccc2c(c1)oc(=O)n2CC(=O)NC1CCCCCCC1. The third kappa shape index (κ3) is 4.93. The van der Waals surface area contributed by atoms with Crippen LogP contribution in [0.3, 0.4) is 0 Å². The van der Waals surface area contributed by atoms with Gasteiger partial charge in [0, 0.05) is 24.7 Å². The van der Waals surface area contributed by atoms with Crippen molar-refractivity contribution in [1.29, 1.82) is 0 Å². The molecule has 32 heavy (non-hydrogen) atoms. The predicted octanol–water partition coefficient (Wildman–Crippen LogP) is 3.39. The summed E-state index contributed by atoms with van der Waals surface area (Å²) in [5, 5.41) is 3.06. The van der Waals surface area contributed by atoms with Gasteiger partial charge in [-0.1, -0.05) is 38.5 Å². The van der Waals surface area contributed by atoms with Crippen LogP contribution in [0.1, 0.15) is 71.1 Å². The van der Waals surface area contributed by atoms with E-state index >= 15 is 0 Å². The van der Waals surface area contributed by atoms with Crippen molar-refractivity contribution in [2.45, 2.75) is 94.7 Å². The summed E-state index contributed by atoms with van der Waals surface area (Å²) in [6, 6.07) is 4.54. The first kappa shape index (κ1) is 23.0. The zero-order chi connectivity index (χ0) is 22.7. The number of hydrogen-bond donors (Lipinski definition) is 1. The second-order valence-electron chi connectivity index (χ2n) is 9.15. The van der Waals surface area contributed by atoms with Gasteiger partial charge in [-0.2, -0.15) is 4.31 Å². The highest BCUT2D eigenvalue weighted by Gasteiger charge is 2.31. The minimum atomic E-state index is -3.67. The first-order valence-electron chi connectivity index (χ1n) is 11.8. The Hall–Kier alpha value is -2.13. The summed E-state index contributed by atoms with van der Waals surface area (Å²) < 4.78 is 34.4. The average Bonchev–Trinajstić information content (AvgIpc) is 3.04. The molecule has 1 saturated heterocycles. The van der Waals surface area contributed by atoms with Crippen LogP contribution in [0.5, 0.6) is 0 Å². The molecule has 2 heterocycles. The molecule has 0 unspecified atom stereocenters. The minimum Gasteiger partial charge on any atom is -0.408 e. The van der Waals surface area contributed by atoms with E-state index in [0.717, 1.165) is 44.9 Å². The van der Waals surface area contributed by atoms with Crippen molar-refractivity contribution in [3.05, 3.63) is 28.7 Å². The van der Waals surface area contributed by atoms with Crippen molar-refractivity contribution in [3.8, 4) is 0 Å². The number of carbonyl (C=O) groups excluding carboxylic acids is 1. The molecular formula is C23H33N3O5S. The van der Waals surface area contributed by atoms with Crippen LogP contribution < -0.4 is 11.1 Å². The number of carbonyl (C=O) groups is 1. The average molecular weight is 464 g/mol. The number of nitrogens with zero attached hydrogens (tertiary/aromatic N) is 2. The van der Waals surface area contributed by atoms with E-state index in [1.165, 1.54) is 40.3 Å². The standard InChI is InChI=1S/C23H33N3O5S/c1-17-9-7-8-14-26(17)32(29,30)19-12-13-20-21(15-19)31-23(28)25(20)16-22(27)24-18-10-5-3-2-4-6-11-18/h12-13,15,17-18H,2-11,14,16H2,1H3,(H,24,27)/t17-/m1/s1. The van der Waals surface area contributed by atoms with Gasteiger partial charge in [0.25, 0.3) is 0 Å². The lowest BCUT2D eigenvalue weighted by molar-refractivity contribution is -0.122.